The van der Waals surface area contributed by atoms with Crippen LogP contribution >= 0.6 is 0 Å². The van der Waals surface area contributed by atoms with E-state index in [1.807, 2.05) is 25.1 Å². The summed E-state index contributed by atoms with van der Waals surface area (Å²) in [5.41, 5.74) is 6.36. The Kier molecular flexibility index (Phi) is 4.61. The fraction of sp³-hybridized carbons (Fsp3) is 0.182. The van der Waals surface area contributed by atoms with Crippen molar-refractivity contribution in [2.75, 3.05) is 0 Å². The van der Waals surface area contributed by atoms with Crippen LogP contribution in [0.5, 0.6) is 0 Å². The van der Waals surface area contributed by atoms with Crippen LogP contribution in [0.15, 0.2) is 61.2 Å². The number of amides is 1. The molecule has 4 rings (SSSR count). The first-order valence-corrected chi connectivity index (χ1v) is 9.16. The van der Waals surface area contributed by atoms with Crippen LogP contribution in [-0.2, 0) is 0 Å². The van der Waals surface area contributed by atoms with Gasteiger partial charge in [0, 0.05) is 24.2 Å². The van der Waals surface area contributed by atoms with Crippen molar-refractivity contribution in [2.24, 2.45) is 0 Å². The predicted octanol–water partition coefficient (Wildman–Crippen LogP) is 3.90. The molecule has 0 bridgehead atoms. The van der Waals surface area contributed by atoms with E-state index >= 15 is 0 Å². The highest BCUT2D eigenvalue weighted by molar-refractivity contribution is 6.00. The lowest BCUT2D eigenvalue weighted by molar-refractivity contribution is 0.0941. The summed E-state index contributed by atoms with van der Waals surface area (Å²) in [7, 11) is 0. The summed E-state index contributed by atoms with van der Waals surface area (Å²) in [6.45, 7) is 6.11. The number of nitrogens with one attached hydrogen (secondary N) is 1. The number of hydrogen-bond donors (Lipinski definition) is 1. The molecule has 6 heteroatoms. The van der Waals surface area contributed by atoms with Crippen LogP contribution in [0, 0.1) is 13.8 Å². The van der Waals surface area contributed by atoms with E-state index in [-0.39, 0.29) is 11.9 Å². The summed E-state index contributed by atoms with van der Waals surface area (Å²) in [6, 6.07) is 11.8. The van der Waals surface area contributed by atoms with Gasteiger partial charge in [-0.2, -0.15) is 5.10 Å². The number of carbonyl (C=O) groups excluding carboxylic acids is 1. The molecule has 0 aliphatic carbocycles. The van der Waals surface area contributed by atoms with Crippen molar-refractivity contribution in [3.05, 3.63) is 83.4 Å². The van der Waals surface area contributed by atoms with E-state index in [1.165, 1.54) is 11.1 Å². The lowest BCUT2D eigenvalue weighted by Crippen LogP contribution is -2.26. The lowest BCUT2D eigenvalue weighted by atomic mass is 10.0. The van der Waals surface area contributed by atoms with E-state index in [2.05, 4.69) is 52.4 Å². The molecule has 4 aromatic rings. The van der Waals surface area contributed by atoms with E-state index in [9.17, 15) is 4.79 Å². The van der Waals surface area contributed by atoms with Crippen molar-refractivity contribution in [3.8, 4) is 11.3 Å². The Morgan fingerprint density at radius 2 is 1.82 bits per heavy atom. The zero-order chi connectivity index (χ0) is 19.7. The van der Waals surface area contributed by atoms with Gasteiger partial charge in [0.1, 0.15) is 5.56 Å². The molecule has 0 saturated carbocycles. The van der Waals surface area contributed by atoms with Crippen LogP contribution in [0.3, 0.4) is 0 Å². The van der Waals surface area contributed by atoms with E-state index in [0.717, 1.165) is 16.8 Å². The lowest BCUT2D eigenvalue weighted by Gasteiger charge is -2.13. The standard InChI is InChI=1S/C22H21N5O/c1-14-4-5-18(12-15(14)2)20-8-11-24-21-19(13-25-27(20)21)22(28)26-16(3)17-6-9-23-10-7-17/h4-13,16H,1-3H3,(H,26,28). The van der Waals surface area contributed by atoms with Gasteiger partial charge in [0.25, 0.3) is 5.91 Å². The Morgan fingerprint density at radius 1 is 1.04 bits per heavy atom. The molecule has 0 aliphatic rings. The second-order valence-corrected chi connectivity index (χ2v) is 6.90. The highest BCUT2D eigenvalue weighted by atomic mass is 16.1. The van der Waals surface area contributed by atoms with Crippen molar-refractivity contribution in [1.29, 1.82) is 0 Å². The van der Waals surface area contributed by atoms with Crippen LogP contribution < -0.4 is 5.32 Å². The third-order valence-corrected chi connectivity index (χ3v) is 5.00. The summed E-state index contributed by atoms with van der Waals surface area (Å²) in [6.07, 6.45) is 6.71. The third kappa shape index (κ3) is 3.24. The molecule has 6 nitrogen and oxygen atoms in total. The number of fused-ring (bicyclic) bond motifs is 1. The maximum absolute atomic E-state index is 12.8. The van der Waals surface area contributed by atoms with Gasteiger partial charge < -0.3 is 5.32 Å². The monoisotopic (exact) mass is 371 g/mol. The van der Waals surface area contributed by atoms with Gasteiger partial charge in [0.2, 0.25) is 0 Å². The minimum absolute atomic E-state index is 0.145. The van der Waals surface area contributed by atoms with Crippen LogP contribution in [0.4, 0.5) is 0 Å². The number of benzene rings is 1. The van der Waals surface area contributed by atoms with Crippen molar-refractivity contribution < 1.29 is 4.79 Å². The first-order chi connectivity index (χ1) is 13.5. The molecule has 0 fully saturated rings. The molecule has 0 saturated heterocycles. The maximum Gasteiger partial charge on any atom is 0.257 e. The van der Waals surface area contributed by atoms with E-state index < -0.39 is 0 Å². The van der Waals surface area contributed by atoms with Gasteiger partial charge in [-0.05, 0) is 61.7 Å². The van der Waals surface area contributed by atoms with Gasteiger partial charge in [-0.25, -0.2) is 9.50 Å². The highest BCUT2D eigenvalue weighted by Crippen LogP contribution is 2.23. The number of carbonyl (C=O) groups is 1. The Hall–Kier alpha value is -3.54. The number of aromatic nitrogens is 4. The van der Waals surface area contributed by atoms with Crippen molar-refractivity contribution in [3.63, 3.8) is 0 Å². The quantitative estimate of drug-likeness (QED) is 0.590. The molecule has 1 aromatic carbocycles. The molecule has 1 atom stereocenters. The molecule has 0 aliphatic heterocycles. The molecule has 0 spiro atoms. The third-order valence-electron chi connectivity index (χ3n) is 5.00. The van der Waals surface area contributed by atoms with Gasteiger partial charge in [-0.1, -0.05) is 12.1 Å². The highest BCUT2D eigenvalue weighted by Gasteiger charge is 2.18. The molecule has 1 unspecified atom stereocenters. The average molecular weight is 371 g/mol. The molecule has 0 radical (unpaired) electrons. The van der Waals surface area contributed by atoms with Gasteiger partial charge >= 0.3 is 0 Å². The Labute approximate surface area is 163 Å². The SMILES string of the molecule is Cc1ccc(-c2ccnc3c(C(=O)NC(C)c4ccncc4)cnn23)cc1C. The molecule has 140 valence electrons. The number of nitrogens with zero attached hydrogens (tertiary/aromatic N) is 4. The zero-order valence-electron chi connectivity index (χ0n) is 16.0. The Balaban J connectivity index is 1.68. The second-order valence-electron chi connectivity index (χ2n) is 6.90. The topological polar surface area (TPSA) is 72.2 Å². The second kappa shape index (κ2) is 7.23. The summed E-state index contributed by atoms with van der Waals surface area (Å²) in [5, 5.41) is 7.44. The summed E-state index contributed by atoms with van der Waals surface area (Å²) >= 11 is 0. The van der Waals surface area contributed by atoms with Gasteiger partial charge in [0.15, 0.2) is 5.65 Å². The average Bonchev–Trinajstić information content (AvgIpc) is 3.15. The predicted molar refractivity (Wildman–Crippen MR) is 108 cm³/mol. The first-order valence-electron chi connectivity index (χ1n) is 9.16. The van der Waals surface area contributed by atoms with E-state index in [1.54, 1.807) is 29.3 Å². The van der Waals surface area contributed by atoms with E-state index in [0.29, 0.717) is 11.2 Å². The van der Waals surface area contributed by atoms with E-state index in [4.69, 9.17) is 0 Å². The minimum Gasteiger partial charge on any atom is -0.345 e. The van der Waals surface area contributed by atoms with Gasteiger partial charge in [-0.15, -0.1) is 0 Å². The molecule has 1 N–H and O–H groups in total. The summed E-state index contributed by atoms with van der Waals surface area (Å²) in [5.74, 6) is -0.205. The number of hydrogen-bond acceptors (Lipinski definition) is 4. The number of rotatable bonds is 4. The van der Waals surface area contributed by atoms with Crippen molar-refractivity contribution >= 4 is 11.6 Å². The number of aryl methyl sites for hydroxylation is 2. The summed E-state index contributed by atoms with van der Waals surface area (Å²) < 4.78 is 1.72. The molecule has 1 amide bonds. The van der Waals surface area contributed by atoms with Crippen LogP contribution in [0.1, 0.15) is 40.0 Å². The fourth-order valence-electron chi connectivity index (χ4n) is 3.18. The van der Waals surface area contributed by atoms with Crippen molar-refractivity contribution in [1.82, 2.24) is 24.9 Å². The molecular weight excluding hydrogens is 350 g/mol. The van der Waals surface area contributed by atoms with Gasteiger partial charge in [0.05, 0.1) is 17.9 Å². The molecule has 28 heavy (non-hydrogen) atoms. The number of pyridine rings is 1. The van der Waals surface area contributed by atoms with Crippen LogP contribution in [0.25, 0.3) is 16.9 Å². The smallest absolute Gasteiger partial charge is 0.257 e. The Bertz CT molecular complexity index is 1150. The molecule has 3 aromatic heterocycles. The van der Waals surface area contributed by atoms with Crippen LogP contribution in [-0.4, -0.2) is 25.5 Å². The maximum atomic E-state index is 12.8. The largest absolute Gasteiger partial charge is 0.345 e. The Morgan fingerprint density at radius 3 is 2.57 bits per heavy atom. The minimum atomic E-state index is -0.205. The molecular formula is C22H21N5O. The molecule has 3 heterocycles. The van der Waals surface area contributed by atoms with Crippen LogP contribution in [0.2, 0.25) is 0 Å². The zero-order valence-corrected chi connectivity index (χ0v) is 16.0. The fourth-order valence-corrected chi connectivity index (χ4v) is 3.18. The van der Waals surface area contributed by atoms with Gasteiger partial charge in [-0.3, -0.25) is 9.78 Å². The first kappa shape index (κ1) is 17.9. The summed E-state index contributed by atoms with van der Waals surface area (Å²) in [4.78, 5) is 21.2. The normalized spacial score (nSPS) is 12.1. The van der Waals surface area contributed by atoms with Crippen molar-refractivity contribution in [2.45, 2.75) is 26.8 Å².